The maximum Gasteiger partial charge on any atom is 0.272 e. The second-order valence-electron chi connectivity index (χ2n) is 5.60. The number of aromatic nitrogens is 1. The Morgan fingerprint density at radius 1 is 1.25 bits per heavy atom. The number of furan rings is 1. The third-order valence-corrected chi connectivity index (χ3v) is 3.50. The van der Waals surface area contributed by atoms with Crippen molar-refractivity contribution in [3.05, 3.63) is 59.5 Å². The average molecular weight is 322 g/mol. The van der Waals surface area contributed by atoms with Crippen molar-refractivity contribution in [3.63, 3.8) is 0 Å². The number of fused-ring (bicyclic) bond motifs is 1. The maximum atomic E-state index is 12.4. The Bertz CT molecular complexity index is 912. The first kappa shape index (κ1) is 15.7. The van der Waals surface area contributed by atoms with Gasteiger partial charge in [-0.05, 0) is 25.1 Å². The summed E-state index contributed by atoms with van der Waals surface area (Å²) in [6.07, 6.45) is 1.47. The molecule has 0 aliphatic carbocycles. The Balaban J connectivity index is 1.79. The standard InChI is InChI=1S/C18H18N4O2/c1-12-10-15(14-6-4-5-7-16(14)20-12)18(23)21-19-11-13-8-9-17(24-13)22(2)3/h4-11H,1-3H3,(H,21,23)/b19-11+. The number of carbonyl (C=O) groups is 1. The van der Waals surface area contributed by atoms with E-state index in [-0.39, 0.29) is 5.91 Å². The zero-order valence-corrected chi connectivity index (χ0v) is 13.8. The topological polar surface area (TPSA) is 70.7 Å². The Morgan fingerprint density at radius 2 is 2.04 bits per heavy atom. The van der Waals surface area contributed by atoms with Crippen molar-refractivity contribution in [2.75, 3.05) is 19.0 Å². The summed E-state index contributed by atoms with van der Waals surface area (Å²) in [4.78, 5) is 18.7. The Hall–Kier alpha value is -3.15. The quantitative estimate of drug-likeness (QED) is 0.592. The molecular weight excluding hydrogens is 304 g/mol. The van der Waals surface area contributed by atoms with Crippen LogP contribution in [0.3, 0.4) is 0 Å². The van der Waals surface area contributed by atoms with Crippen LogP contribution in [0.4, 0.5) is 5.88 Å². The number of nitrogens with one attached hydrogen (secondary N) is 1. The van der Waals surface area contributed by atoms with Crippen LogP contribution >= 0.6 is 0 Å². The number of hydrogen-bond acceptors (Lipinski definition) is 5. The summed E-state index contributed by atoms with van der Waals surface area (Å²) in [5, 5.41) is 4.76. The molecule has 0 atom stereocenters. The summed E-state index contributed by atoms with van der Waals surface area (Å²) >= 11 is 0. The number of para-hydroxylation sites is 1. The number of pyridine rings is 1. The minimum atomic E-state index is -0.285. The first-order valence-electron chi connectivity index (χ1n) is 7.51. The molecule has 0 fully saturated rings. The molecule has 2 aromatic heterocycles. The second kappa shape index (κ2) is 6.54. The molecule has 0 unspecified atom stereocenters. The van der Waals surface area contributed by atoms with Crippen LogP contribution in [-0.2, 0) is 0 Å². The summed E-state index contributed by atoms with van der Waals surface area (Å²) in [6.45, 7) is 1.86. The first-order chi connectivity index (χ1) is 11.5. The minimum Gasteiger partial charge on any atom is -0.440 e. The number of rotatable bonds is 4. The van der Waals surface area contributed by atoms with Crippen LogP contribution < -0.4 is 10.3 Å². The fraction of sp³-hybridized carbons (Fsp3) is 0.167. The van der Waals surface area contributed by atoms with Gasteiger partial charge < -0.3 is 9.32 Å². The molecular formula is C18H18N4O2. The lowest BCUT2D eigenvalue weighted by atomic mass is 10.1. The predicted octanol–water partition coefficient (Wildman–Crippen LogP) is 2.97. The van der Waals surface area contributed by atoms with Crippen molar-refractivity contribution in [2.45, 2.75) is 6.92 Å². The van der Waals surface area contributed by atoms with Crippen molar-refractivity contribution in [1.82, 2.24) is 10.4 Å². The monoisotopic (exact) mass is 322 g/mol. The molecule has 6 nitrogen and oxygen atoms in total. The molecule has 1 N–H and O–H groups in total. The molecule has 2 heterocycles. The van der Waals surface area contributed by atoms with Gasteiger partial charge in [0.05, 0.1) is 17.3 Å². The van der Waals surface area contributed by atoms with Gasteiger partial charge in [-0.25, -0.2) is 5.43 Å². The predicted molar refractivity (Wildman–Crippen MR) is 94.6 cm³/mol. The summed E-state index contributed by atoms with van der Waals surface area (Å²) in [5.74, 6) is 1.00. The molecule has 0 aliphatic heterocycles. The summed E-state index contributed by atoms with van der Waals surface area (Å²) in [6, 6.07) is 12.9. The van der Waals surface area contributed by atoms with E-state index in [1.807, 2.05) is 56.3 Å². The van der Waals surface area contributed by atoms with Gasteiger partial charge in [0.1, 0.15) is 5.76 Å². The largest absolute Gasteiger partial charge is 0.440 e. The summed E-state index contributed by atoms with van der Waals surface area (Å²) < 4.78 is 5.54. The van der Waals surface area contributed by atoms with E-state index in [4.69, 9.17) is 4.42 Å². The zero-order valence-electron chi connectivity index (χ0n) is 13.8. The fourth-order valence-corrected chi connectivity index (χ4v) is 2.36. The Kier molecular flexibility index (Phi) is 4.29. The van der Waals surface area contributed by atoms with E-state index in [1.54, 1.807) is 12.1 Å². The fourth-order valence-electron chi connectivity index (χ4n) is 2.36. The van der Waals surface area contributed by atoms with Gasteiger partial charge in [-0.15, -0.1) is 0 Å². The smallest absolute Gasteiger partial charge is 0.272 e. The van der Waals surface area contributed by atoms with E-state index in [2.05, 4.69) is 15.5 Å². The number of nitrogens with zero attached hydrogens (tertiary/aromatic N) is 3. The molecule has 6 heteroatoms. The van der Waals surface area contributed by atoms with Gasteiger partial charge >= 0.3 is 0 Å². The van der Waals surface area contributed by atoms with Crippen molar-refractivity contribution >= 4 is 28.9 Å². The number of hydrogen-bond donors (Lipinski definition) is 1. The van der Waals surface area contributed by atoms with Gasteiger partial charge in [0.2, 0.25) is 0 Å². The lowest BCUT2D eigenvalue weighted by Crippen LogP contribution is -2.18. The van der Waals surface area contributed by atoms with Crippen LogP contribution in [-0.4, -0.2) is 31.2 Å². The van der Waals surface area contributed by atoms with E-state index in [0.717, 1.165) is 22.5 Å². The van der Waals surface area contributed by atoms with Crippen LogP contribution in [0.15, 0.2) is 52.0 Å². The van der Waals surface area contributed by atoms with Crippen molar-refractivity contribution in [1.29, 1.82) is 0 Å². The molecule has 0 spiro atoms. The van der Waals surface area contributed by atoms with Crippen molar-refractivity contribution in [2.24, 2.45) is 5.10 Å². The Morgan fingerprint density at radius 3 is 2.79 bits per heavy atom. The normalized spacial score (nSPS) is 11.1. The first-order valence-corrected chi connectivity index (χ1v) is 7.51. The highest BCUT2D eigenvalue weighted by Gasteiger charge is 2.11. The summed E-state index contributed by atoms with van der Waals surface area (Å²) in [7, 11) is 3.77. The van der Waals surface area contributed by atoms with Gasteiger partial charge in [0.25, 0.3) is 5.91 Å². The summed E-state index contributed by atoms with van der Waals surface area (Å²) in [5.41, 5.74) is 4.65. The molecule has 0 radical (unpaired) electrons. The molecule has 122 valence electrons. The highest BCUT2D eigenvalue weighted by Crippen LogP contribution is 2.18. The zero-order chi connectivity index (χ0) is 17.1. The average Bonchev–Trinajstić information content (AvgIpc) is 3.03. The van der Waals surface area contributed by atoms with Crippen LogP contribution in [0.5, 0.6) is 0 Å². The van der Waals surface area contributed by atoms with Crippen molar-refractivity contribution < 1.29 is 9.21 Å². The van der Waals surface area contributed by atoms with E-state index < -0.39 is 0 Å². The number of anilines is 1. The molecule has 0 saturated carbocycles. The number of carbonyl (C=O) groups excluding carboxylic acids is 1. The van der Waals surface area contributed by atoms with Gasteiger partial charge in [-0.2, -0.15) is 5.10 Å². The number of amides is 1. The molecule has 3 aromatic rings. The van der Waals surface area contributed by atoms with Crippen LogP contribution in [0, 0.1) is 6.92 Å². The SMILES string of the molecule is Cc1cc(C(=O)N/N=C/c2ccc(N(C)C)o2)c2ccccc2n1. The molecule has 0 bridgehead atoms. The molecule has 1 amide bonds. The van der Waals surface area contributed by atoms with Crippen LogP contribution in [0.1, 0.15) is 21.8 Å². The second-order valence-corrected chi connectivity index (χ2v) is 5.60. The lowest BCUT2D eigenvalue weighted by Gasteiger charge is -2.06. The van der Waals surface area contributed by atoms with E-state index >= 15 is 0 Å². The third kappa shape index (κ3) is 3.27. The Labute approximate surface area is 139 Å². The minimum absolute atomic E-state index is 0.285. The lowest BCUT2D eigenvalue weighted by molar-refractivity contribution is 0.0956. The van der Waals surface area contributed by atoms with Crippen LogP contribution in [0.2, 0.25) is 0 Å². The van der Waals surface area contributed by atoms with Gasteiger partial charge in [0.15, 0.2) is 5.88 Å². The van der Waals surface area contributed by atoms with E-state index in [1.165, 1.54) is 6.21 Å². The molecule has 1 aromatic carbocycles. The maximum absolute atomic E-state index is 12.4. The van der Waals surface area contributed by atoms with Gasteiger partial charge in [-0.3, -0.25) is 9.78 Å². The van der Waals surface area contributed by atoms with Crippen LogP contribution in [0.25, 0.3) is 10.9 Å². The molecule has 0 saturated heterocycles. The van der Waals surface area contributed by atoms with Gasteiger partial charge in [0, 0.05) is 31.2 Å². The highest BCUT2D eigenvalue weighted by molar-refractivity contribution is 6.06. The molecule has 24 heavy (non-hydrogen) atoms. The molecule has 3 rings (SSSR count). The third-order valence-electron chi connectivity index (χ3n) is 3.50. The van der Waals surface area contributed by atoms with E-state index in [0.29, 0.717) is 11.3 Å². The highest BCUT2D eigenvalue weighted by atomic mass is 16.4. The van der Waals surface area contributed by atoms with Gasteiger partial charge in [-0.1, -0.05) is 18.2 Å². The molecule has 0 aliphatic rings. The van der Waals surface area contributed by atoms with Crippen molar-refractivity contribution in [3.8, 4) is 0 Å². The number of aryl methyl sites for hydroxylation is 1. The van der Waals surface area contributed by atoms with E-state index in [9.17, 15) is 4.79 Å². The number of hydrazone groups is 1. The number of benzene rings is 1.